The van der Waals surface area contributed by atoms with Crippen molar-refractivity contribution in [2.75, 3.05) is 19.5 Å². The van der Waals surface area contributed by atoms with E-state index in [0.29, 0.717) is 16.6 Å². The highest BCUT2D eigenvalue weighted by atomic mass is 16.6. The monoisotopic (exact) mass is 337 g/mol. The molecule has 3 rings (SSSR count). The molecule has 2 aromatic rings. The van der Waals surface area contributed by atoms with E-state index in [4.69, 9.17) is 20.6 Å². The molecule has 1 saturated heterocycles. The van der Waals surface area contributed by atoms with Gasteiger partial charge >= 0.3 is 0 Å². The fourth-order valence-corrected chi connectivity index (χ4v) is 2.96. The standard InChI is InChI=1S/C14H19N5O5/c1-14(22)9(21)7(4-20)24-13(14)19-3-6(11(16)23-2)8-10(15)17-5-18-12(8)19/h3,5,7,9,13,16,20-22H,4H2,1-2H3,(H2,15,17,18)/t7-,9-,13-,14-/m1/s1. The molecule has 0 radical (unpaired) electrons. The van der Waals surface area contributed by atoms with E-state index < -0.39 is 30.6 Å². The van der Waals surface area contributed by atoms with E-state index in [9.17, 15) is 15.3 Å². The highest BCUT2D eigenvalue weighted by molar-refractivity contribution is 6.08. The second kappa shape index (κ2) is 5.67. The maximum atomic E-state index is 10.6. The number of rotatable bonds is 3. The summed E-state index contributed by atoms with van der Waals surface area (Å²) in [6.45, 7) is 0.945. The van der Waals surface area contributed by atoms with Crippen LogP contribution in [0.5, 0.6) is 0 Å². The largest absolute Gasteiger partial charge is 0.481 e. The third kappa shape index (κ3) is 2.23. The number of aromatic nitrogens is 3. The number of nitrogen functional groups attached to an aromatic ring is 1. The molecule has 0 aliphatic carbocycles. The van der Waals surface area contributed by atoms with Gasteiger partial charge in [-0.1, -0.05) is 0 Å². The first kappa shape index (κ1) is 16.6. The van der Waals surface area contributed by atoms with Gasteiger partial charge in [0.05, 0.1) is 24.7 Å². The normalized spacial score (nSPS) is 30.0. The second-order valence-electron chi connectivity index (χ2n) is 5.82. The first-order chi connectivity index (χ1) is 11.3. The molecular weight excluding hydrogens is 318 g/mol. The minimum atomic E-state index is -1.69. The van der Waals surface area contributed by atoms with Gasteiger partial charge in [0.2, 0.25) is 5.90 Å². The molecule has 2 aromatic heterocycles. The third-order valence-corrected chi connectivity index (χ3v) is 4.27. The van der Waals surface area contributed by atoms with Crippen LogP contribution in [0.25, 0.3) is 11.0 Å². The van der Waals surface area contributed by atoms with Gasteiger partial charge in [0, 0.05) is 6.20 Å². The van der Waals surface area contributed by atoms with Gasteiger partial charge in [-0.15, -0.1) is 0 Å². The zero-order valence-electron chi connectivity index (χ0n) is 13.2. The summed E-state index contributed by atoms with van der Waals surface area (Å²) in [6.07, 6.45) is -0.549. The summed E-state index contributed by atoms with van der Waals surface area (Å²) in [6, 6.07) is 0. The fraction of sp³-hybridized carbons (Fsp3) is 0.500. The van der Waals surface area contributed by atoms with Crippen molar-refractivity contribution in [1.82, 2.24) is 14.5 Å². The number of nitrogens with two attached hydrogens (primary N) is 1. The Hall–Kier alpha value is -2.27. The van der Waals surface area contributed by atoms with Gasteiger partial charge in [0.1, 0.15) is 35.6 Å². The second-order valence-corrected chi connectivity index (χ2v) is 5.82. The molecule has 0 saturated carbocycles. The minimum absolute atomic E-state index is 0.146. The van der Waals surface area contributed by atoms with E-state index in [1.54, 1.807) is 0 Å². The first-order valence-corrected chi connectivity index (χ1v) is 7.23. The lowest BCUT2D eigenvalue weighted by atomic mass is 9.96. The van der Waals surface area contributed by atoms with E-state index in [1.165, 1.54) is 31.1 Å². The lowest BCUT2D eigenvalue weighted by Crippen LogP contribution is -2.44. The highest BCUT2D eigenvalue weighted by Crippen LogP contribution is 2.40. The van der Waals surface area contributed by atoms with Gasteiger partial charge in [-0.25, -0.2) is 9.97 Å². The molecule has 10 nitrogen and oxygen atoms in total. The van der Waals surface area contributed by atoms with Crippen LogP contribution >= 0.6 is 0 Å². The Balaban J connectivity index is 2.21. The van der Waals surface area contributed by atoms with E-state index in [0.717, 1.165) is 0 Å². The van der Waals surface area contributed by atoms with E-state index >= 15 is 0 Å². The Kier molecular flexibility index (Phi) is 3.92. The van der Waals surface area contributed by atoms with Crippen LogP contribution in [0, 0.1) is 5.41 Å². The molecule has 0 bridgehead atoms. The molecule has 24 heavy (non-hydrogen) atoms. The average Bonchev–Trinajstić information content (AvgIpc) is 3.04. The number of fused-ring (bicyclic) bond motifs is 1. The number of nitrogens with zero attached hydrogens (tertiary/aromatic N) is 3. The summed E-state index contributed by atoms with van der Waals surface area (Å²) >= 11 is 0. The van der Waals surface area contributed by atoms with Gasteiger partial charge in [-0.05, 0) is 6.92 Å². The number of anilines is 1. The first-order valence-electron chi connectivity index (χ1n) is 7.23. The van der Waals surface area contributed by atoms with Gasteiger partial charge in [-0.3, -0.25) is 5.41 Å². The summed E-state index contributed by atoms with van der Waals surface area (Å²) in [5, 5.41) is 38.4. The van der Waals surface area contributed by atoms with Crippen molar-refractivity contribution in [3.63, 3.8) is 0 Å². The predicted octanol–water partition coefficient (Wildman–Crippen LogP) is -1.01. The van der Waals surface area contributed by atoms with Crippen molar-refractivity contribution in [2.45, 2.75) is 31.0 Å². The fourth-order valence-electron chi connectivity index (χ4n) is 2.96. The maximum Gasteiger partial charge on any atom is 0.215 e. The molecule has 0 spiro atoms. The smallest absolute Gasteiger partial charge is 0.215 e. The van der Waals surface area contributed by atoms with Crippen molar-refractivity contribution in [3.8, 4) is 0 Å². The Morgan fingerprint density at radius 1 is 1.54 bits per heavy atom. The topological polar surface area (TPSA) is 160 Å². The summed E-state index contributed by atoms with van der Waals surface area (Å²) in [5.74, 6) is -0.00964. The van der Waals surface area contributed by atoms with Gasteiger partial charge < -0.3 is 35.1 Å². The van der Waals surface area contributed by atoms with E-state index in [-0.39, 0.29) is 11.7 Å². The van der Waals surface area contributed by atoms with Crippen LogP contribution in [0.4, 0.5) is 5.82 Å². The van der Waals surface area contributed by atoms with Gasteiger partial charge in [0.15, 0.2) is 6.23 Å². The minimum Gasteiger partial charge on any atom is -0.481 e. The molecule has 10 heteroatoms. The molecule has 0 aromatic carbocycles. The summed E-state index contributed by atoms with van der Waals surface area (Å²) in [7, 11) is 1.35. The van der Waals surface area contributed by atoms with Crippen LogP contribution in [-0.4, -0.2) is 67.3 Å². The SMILES string of the molecule is COC(=N)c1cn([C@@H]2O[C@H](CO)[C@@H](O)[C@@]2(C)O)c2ncnc(N)c12. The quantitative estimate of drug-likeness (QED) is 0.352. The third-order valence-electron chi connectivity index (χ3n) is 4.27. The Labute approximate surface area is 137 Å². The van der Waals surface area contributed by atoms with Crippen LogP contribution < -0.4 is 5.73 Å². The number of hydrogen-bond donors (Lipinski definition) is 5. The van der Waals surface area contributed by atoms with Gasteiger partial charge in [-0.2, -0.15) is 0 Å². The molecule has 6 N–H and O–H groups in total. The van der Waals surface area contributed by atoms with Crippen LogP contribution in [-0.2, 0) is 9.47 Å². The molecule has 130 valence electrons. The van der Waals surface area contributed by atoms with Crippen LogP contribution in [0.3, 0.4) is 0 Å². The molecular formula is C14H19N5O5. The van der Waals surface area contributed by atoms with Crippen molar-refractivity contribution in [3.05, 3.63) is 18.1 Å². The number of aliphatic hydroxyl groups excluding tert-OH is 2. The van der Waals surface area contributed by atoms with Gasteiger partial charge in [0.25, 0.3) is 0 Å². The van der Waals surface area contributed by atoms with E-state index in [1.807, 2.05) is 0 Å². The van der Waals surface area contributed by atoms with Crippen LogP contribution in [0.1, 0.15) is 18.7 Å². The summed E-state index contributed by atoms with van der Waals surface area (Å²) in [4.78, 5) is 8.07. The number of ether oxygens (including phenoxy) is 2. The molecule has 4 atom stereocenters. The molecule has 0 amide bonds. The van der Waals surface area contributed by atoms with Crippen LogP contribution in [0.2, 0.25) is 0 Å². The lowest BCUT2D eigenvalue weighted by Gasteiger charge is -2.27. The number of hydrogen-bond acceptors (Lipinski definition) is 9. The molecule has 1 aliphatic heterocycles. The van der Waals surface area contributed by atoms with Crippen molar-refractivity contribution in [1.29, 1.82) is 5.41 Å². The van der Waals surface area contributed by atoms with Crippen molar-refractivity contribution in [2.24, 2.45) is 0 Å². The Morgan fingerprint density at radius 2 is 2.25 bits per heavy atom. The van der Waals surface area contributed by atoms with E-state index in [2.05, 4.69) is 9.97 Å². The Morgan fingerprint density at radius 3 is 2.83 bits per heavy atom. The number of aliphatic hydroxyl groups is 3. The zero-order chi connectivity index (χ0) is 17.6. The number of methoxy groups -OCH3 is 1. The van der Waals surface area contributed by atoms with Crippen molar-refractivity contribution >= 4 is 22.7 Å². The van der Waals surface area contributed by atoms with Crippen molar-refractivity contribution < 1.29 is 24.8 Å². The highest BCUT2D eigenvalue weighted by Gasteiger charge is 2.53. The predicted molar refractivity (Wildman–Crippen MR) is 83.4 cm³/mol. The molecule has 0 unspecified atom stereocenters. The Bertz CT molecular complexity index is 789. The lowest BCUT2D eigenvalue weighted by molar-refractivity contribution is -0.0948. The maximum absolute atomic E-state index is 10.6. The average molecular weight is 337 g/mol. The molecule has 1 fully saturated rings. The zero-order valence-corrected chi connectivity index (χ0v) is 13.2. The van der Waals surface area contributed by atoms with Crippen LogP contribution in [0.15, 0.2) is 12.5 Å². The summed E-state index contributed by atoms with van der Waals surface area (Å²) in [5.41, 5.74) is 4.85. The summed E-state index contributed by atoms with van der Waals surface area (Å²) < 4.78 is 12.0. The number of nitrogens with one attached hydrogen (secondary N) is 1. The molecule has 3 heterocycles. The molecule has 1 aliphatic rings.